The molecule has 1 atom stereocenters. The maximum absolute atomic E-state index is 12.4. The molecule has 5 nitrogen and oxygen atoms in total. The first-order chi connectivity index (χ1) is 10.8. The Morgan fingerprint density at radius 2 is 2.05 bits per heavy atom. The van der Waals surface area contributed by atoms with Crippen molar-refractivity contribution in [2.24, 2.45) is 5.92 Å². The number of hydrogen-bond donors (Lipinski definition) is 1. The number of benzene rings is 1. The number of ether oxygens (including phenoxy) is 1. The molecule has 2 heterocycles. The molecular weight excluding hydrogens is 278 g/mol. The lowest BCUT2D eigenvalue weighted by Crippen LogP contribution is -2.24. The predicted octanol–water partition coefficient (Wildman–Crippen LogP) is 2.72. The molecule has 0 radical (unpaired) electrons. The Morgan fingerprint density at radius 3 is 2.73 bits per heavy atom. The standard InChI is InChI=1S/C17H19N3O2/c21-17(13-8-9-22-11-13)18-16-10-15(12-6-7-12)19-20(16)14-4-2-1-3-5-14/h1-5,10,12-13H,6-9,11H2,(H,18,21)/t13-/m1/s1. The number of nitrogens with zero attached hydrogens (tertiary/aromatic N) is 2. The van der Waals surface area contributed by atoms with Crippen LogP contribution in [0.4, 0.5) is 5.82 Å². The number of carbonyl (C=O) groups is 1. The SMILES string of the molecule is O=C(Nc1cc(C2CC2)nn1-c1ccccc1)[C@@H]1CCOC1. The van der Waals surface area contributed by atoms with Crippen LogP contribution in [-0.4, -0.2) is 28.9 Å². The Labute approximate surface area is 129 Å². The fourth-order valence-corrected chi connectivity index (χ4v) is 2.80. The smallest absolute Gasteiger partial charge is 0.231 e. The van der Waals surface area contributed by atoms with E-state index in [4.69, 9.17) is 9.84 Å². The number of carbonyl (C=O) groups excluding carboxylic acids is 1. The lowest BCUT2D eigenvalue weighted by molar-refractivity contribution is -0.119. The van der Waals surface area contributed by atoms with Gasteiger partial charge in [-0.2, -0.15) is 5.10 Å². The number of aromatic nitrogens is 2. The van der Waals surface area contributed by atoms with Gasteiger partial charge in [-0.1, -0.05) is 18.2 Å². The summed E-state index contributed by atoms with van der Waals surface area (Å²) in [7, 11) is 0. The van der Waals surface area contributed by atoms with Gasteiger partial charge in [0.25, 0.3) is 0 Å². The Hall–Kier alpha value is -2.14. The summed E-state index contributed by atoms with van der Waals surface area (Å²) in [5.41, 5.74) is 2.04. The molecule has 1 saturated carbocycles. The molecule has 2 aliphatic rings. The monoisotopic (exact) mass is 297 g/mol. The molecule has 1 aliphatic heterocycles. The molecule has 1 amide bonds. The normalized spacial score (nSPS) is 21.0. The highest BCUT2D eigenvalue weighted by Gasteiger charge is 2.29. The number of para-hydroxylation sites is 1. The quantitative estimate of drug-likeness (QED) is 0.944. The van der Waals surface area contributed by atoms with Gasteiger partial charge < -0.3 is 10.1 Å². The van der Waals surface area contributed by atoms with Crippen LogP contribution in [0.3, 0.4) is 0 Å². The molecule has 1 aromatic heterocycles. The van der Waals surface area contributed by atoms with Crippen LogP contribution in [0, 0.1) is 5.92 Å². The molecule has 114 valence electrons. The van der Waals surface area contributed by atoms with E-state index in [-0.39, 0.29) is 11.8 Å². The second kappa shape index (κ2) is 5.57. The van der Waals surface area contributed by atoms with Crippen molar-refractivity contribution in [1.82, 2.24) is 9.78 Å². The summed E-state index contributed by atoms with van der Waals surface area (Å²) in [5.74, 6) is 1.28. The van der Waals surface area contributed by atoms with Crippen LogP contribution in [0.2, 0.25) is 0 Å². The first-order valence-electron chi connectivity index (χ1n) is 7.85. The highest BCUT2D eigenvalue weighted by atomic mass is 16.5. The molecule has 0 unspecified atom stereocenters. The fourth-order valence-electron chi connectivity index (χ4n) is 2.80. The van der Waals surface area contributed by atoms with Gasteiger partial charge in [0.2, 0.25) is 5.91 Å². The van der Waals surface area contributed by atoms with Crippen molar-refractivity contribution in [3.8, 4) is 5.69 Å². The maximum Gasteiger partial charge on any atom is 0.231 e. The van der Waals surface area contributed by atoms with Crippen LogP contribution in [0.25, 0.3) is 5.69 Å². The summed E-state index contributed by atoms with van der Waals surface area (Å²) < 4.78 is 7.14. The van der Waals surface area contributed by atoms with Crippen molar-refractivity contribution in [2.75, 3.05) is 18.5 Å². The van der Waals surface area contributed by atoms with Crippen LogP contribution in [0.15, 0.2) is 36.4 Å². The summed E-state index contributed by atoms with van der Waals surface area (Å²) in [6.07, 6.45) is 3.17. The summed E-state index contributed by atoms with van der Waals surface area (Å²) in [4.78, 5) is 12.4. The topological polar surface area (TPSA) is 56.2 Å². The summed E-state index contributed by atoms with van der Waals surface area (Å²) in [5, 5.41) is 7.73. The van der Waals surface area contributed by atoms with E-state index in [0.717, 1.165) is 23.6 Å². The van der Waals surface area contributed by atoms with Crippen molar-refractivity contribution < 1.29 is 9.53 Å². The second-order valence-electron chi connectivity index (χ2n) is 6.03. The molecule has 0 spiro atoms. The molecule has 1 saturated heterocycles. The largest absolute Gasteiger partial charge is 0.381 e. The molecule has 5 heteroatoms. The number of amides is 1. The van der Waals surface area contributed by atoms with Crippen molar-refractivity contribution in [2.45, 2.75) is 25.2 Å². The number of nitrogens with one attached hydrogen (secondary N) is 1. The number of anilines is 1. The zero-order valence-electron chi connectivity index (χ0n) is 12.4. The lowest BCUT2D eigenvalue weighted by Gasteiger charge is -2.11. The van der Waals surface area contributed by atoms with E-state index in [1.807, 2.05) is 41.1 Å². The van der Waals surface area contributed by atoms with E-state index in [9.17, 15) is 4.79 Å². The zero-order valence-corrected chi connectivity index (χ0v) is 12.4. The van der Waals surface area contributed by atoms with Gasteiger partial charge in [0.15, 0.2) is 0 Å². The molecule has 1 aliphatic carbocycles. The van der Waals surface area contributed by atoms with Gasteiger partial charge in [0.1, 0.15) is 5.82 Å². The molecule has 22 heavy (non-hydrogen) atoms. The third-order valence-electron chi connectivity index (χ3n) is 4.28. The third kappa shape index (κ3) is 2.64. The molecular formula is C17H19N3O2. The summed E-state index contributed by atoms with van der Waals surface area (Å²) in [6.45, 7) is 1.18. The van der Waals surface area contributed by atoms with E-state index < -0.39 is 0 Å². The fraction of sp³-hybridized carbons (Fsp3) is 0.412. The van der Waals surface area contributed by atoms with Crippen LogP contribution in [0.5, 0.6) is 0 Å². The molecule has 1 aromatic carbocycles. The number of hydrogen-bond acceptors (Lipinski definition) is 3. The van der Waals surface area contributed by atoms with Gasteiger partial charge >= 0.3 is 0 Å². The van der Waals surface area contributed by atoms with Gasteiger partial charge in [-0.15, -0.1) is 0 Å². The first-order valence-corrected chi connectivity index (χ1v) is 7.85. The van der Waals surface area contributed by atoms with Gasteiger partial charge in [-0.05, 0) is 31.4 Å². The summed E-state index contributed by atoms with van der Waals surface area (Å²) >= 11 is 0. The van der Waals surface area contributed by atoms with Crippen LogP contribution in [-0.2, 0) is 9.53 Å². The Balaban J connectivity index is 1.63. The zero-order chi connectivity index (χ0) is 14.9. The van der Waals surface area contributed by atoms with Crippen LogP contribution >= 0.6 is 0 Å². The van der Waals surface area contributed by atoms with E-state index in [0.29, 0.717) is 19.1 Å². The summed E-state index contributed by atoms with van der Waals surface area (Å²) in [6, 6.07) is 11.9. The Kier molecular flexibility index (Phi) is 3.42. The van der Waals surface area contributed by atoms with Gasteiger partial charge in [0.05, 0.1) is 23.9 Å². The van der Waals surface area contributed by atoms with E-state index >= 15 is 0 Å². The Morgan fingerprint density at radius 1 is 1.23 bits per heavy atom. The average molecular weight is 297 g/mol. The molecule has 2 fully saturated rings. The molecule has 4 rings (SSSR count). The van der Waals surface area contributed by atoms with Crippen LogP contribution < -0.4 is 5.32 Å². The highest BCUT2D eigenvalue weighted by Crippen LogP contribution is 2.40. The molecule has 0 bridgehead atoms. The Bertz CT molecular complexity index is 670. The minimum absolute atomic E-state index is 0.0249. The molecule has 2 aromatic rings. The van der Waals surface area contributed by atoms with Crippen LogP contribution in [0.1, 0.15) is 30.9 Å². The minimum atomic E-state index is -0.0523. The van der Waals surface area contributed by atoms with E-state index in [1.165, 1.54) is 12.8 Å². The van der Waals surface area contributed by atoms with Crippen molar-refractivity contribution in [1.29, 1.82) is 0 Å². The van der Waals surface area contributed by atoms with E-state index in [2.05, 4.69) is 5.32 Å². The minimum Gasteiger partial charge on any atom is -0.381 e. The second-order valence-corrected chi connectivity index (χ2v) is 6.03. The van der Waals surface area contributed by atoms with Gasteiger partial charge in [-0.3, -0.25) is 4.79 Å². The van der Waals surface area contributed by atoms with Gasteiger partial charge in [0, 0.05) is 18.6 Å². The number of rotatable bonds is 4. The first kappa shape index (κ1) is 13.5. The average Bonchev–Trinajstić information content (AvgIpc) is 3.09. The predicted molar refractivity (Wildman–Crippen MR) is 83.1 cm³/mol. The highest BCUT2D eigenvalue weighted by molar-refractivity contribution is 5.92. The van der Waals surface area contributed by atoms with Crippen molar-refractivity contribution in [3.63, 3.8) is 0 Å². The lowest BCUT2D eigenvalue weighted by atomic mass is 10.1. The van der Waals surface area contributed by atoms with E-state index in [1.54, 1.807) is 0 Å². The van der Waals surface area contributed by atoms with Crippen molar-refractivity contribution >= 4 is 11.7 Å². The van der Waals surface area contributed by atoms with Crippen molar-refractivity contribution in [3.05, 3.63) is 42.1 Å². The maximum atomic E-state index is 12.4. The molecule has 1 N–H and O–H groups in total. The third-order valence-corrected chi connectivity index (χ3v) is 4.28. The van der Waals surface area contributed by atoms with Gasteiger partial charge in [-0.25, -0.2) is 4.68 Å².